The van der Waals surface area contributed by atoms with E-state index in [9.17, 15) is 5.11 Å². The lowest BCUT2D eigenvalue weighted by Crippen LogP contribution is -2.08. The Kier molecular flexibility index (Phi) is 3.05. The molecule has 0 saturated carbocycles. The summed E-state index contributed by atoms with van der Waals surface area (Å²) in [7, 11) is 0. The van der Waals surface area contributed by atoms with Crippen LogP contribution in [0.2, 0.25) is 0 Å². The Balaban J connectivity index is 2.12. The van der Waals surface area contributed by atoms with Crippen LogP contribution in [-0.2, 0) is 19.3 Å². The van der Waals surface area contributed by atoms with Gasteiger partial charge in [-0.15, -0.1) is 0 Å². The molecule has 2 unspecified atom stereocenters. The Morgan fingerprint density at radius 3 is 2.42 bits per heavy atom. The van der Waals surface area contributed by atoms with Crippen molar-refractivity contribution in [1.82, 2.24) is 0 Å². The highest BCUT2D eigenvalue weighted by atomic mass is 16.5. The van der Waals surface area contributed by atoms with E-state index in [1.165, 1.54) is 5.56 Å². The van der Waals surface area contributed by atoms with Crippen LogP contribution in [0.5, 0.6) is 17.2 Å². The van der Waals surface area contributed by atoms with Crippen LogP contribution in [0.15, 0.2) is 0 Å². The first-order valence-corrected chi connectivity index (χ1v) is 7.04. The first-order valence-electron chi connectivity index (χ1n) is 7.04. The SMILES string of the molecule is CC1Cc2c(CCCN)c3c(c(O)c2O1)CC(C)O3. The van der Waals surface area contributed by atoms with Crippen LogP contribution < -0.4 is 15.2 Å². The molecule has 0 saturated heterocycles. The van der Waals surface area contributed by atoms with Gasteiger partial charge in [0.05, 0.1) is 0 Å². The maximum Gasteiger partial charge on any atom is 0.165 e. The minimum absolute atomic E-state index is 0.123. The van der Waals surface area contributed by atoms with Crippen LogP contribution >= 0.6 is 0 Å². The van der Waals surface area contributed by atoms with Crippen molar-refractivity contribution in [3.05, 3.63) is 16.7 Å². The summed E-state index contributed by atoms with van der Waals surface area (Å²) in [5.41, 5.74) is 8.85. The molecule has 0 bridgehead atoms. The van der Waals surface area contributed by atoms with Crippen LogP contribution in [0.4, 0.5) is 0 Å². The average molecular weight is 263 g/mol. The molecule has 0 aliphatic carbocycles. The Morgan fingerprint density at radius 1 is 1.11 bits per heavy atom. The molecule has 19 heavy (non-hydrogen) atoms. The number of benzene rings is 1. The van der Waals surface area contributed by atoms with Gasteiger partial charge in [0.2, 0.25) is 0 Å². The number of nitrogens with two attached hydrogens (primary N) is 1. The van der Waals surface area contributed by atoms with E-state index in [2.05, 4.69) is 0 Å². The zero-order valence-electron chi connectivity index (χ0n) is 11.5. The highest BCUT2D eigenvalue weighted by Gasteiger charge is 2.35. The largest absolute Gasteiger partial charge is 0.504 e. The van der Waals surface area contributed by atoms with E-state index < -0.39 is 0 Å². The monoisotopic (exact) mass is 263 g/mol. The second-order valence-corrected chi connectivity index (χ2v) is 5.60. The van der Waals surface area contributed by atoms with Gasteiger partial charge in [0.1, 0.15) is 18.0 Å². The van der Waals surface area contributed by atoms with Gasteiger partial charge in [-0.2, -0.15) is 0 Å². The Hall–Kier alpha value is -1.42. The van der Waals surface area contributed by atoms with Crippen molar-refractivity contribution < 1.29 is 14.6 Å². The van der Waals surface area contributed by atoms with E-state index >= 15 is 0 Å². The summed E-state index contributed by atoms with van der Waals surface area (Å²) in [6.45, 7) is 4.72. The Labute approximate surface area is 113 Å². The Morgan fingerprint density at radius 2 is 1.74 bits per heavy atom. The molecule has 2 aliphatic heterocycles. The number of hydrogen-bond acceptors (Lipinski definition) is 4. The van der Waals surface area contributed by atoms with Gasteiger partial charge >= 0.3 is 0 Å². The summed E-state index contributed by atoms with van der Waals surface area (Å²) >= 11 is 0. The molecular formula is C15H21NO3. The summed E-state index contributed by atoms with van der Waals surface area (Å²) in [5.74, 6) is 1.85. The number of ether oxygens (including phenoxy) is 2. The van der Waals surface area contributed by atoms with Crippen LogP contribution in [-0.4, -0.2) is 23.9 Å². The second kappa shape index (κ2) is 4.60. The lowest BCUT2D eigenvalue weighted by molar-refractivity contribution is 0.244. The van der Waals surface area contributed by atoms with E-state index in [0.29, 0.717) is 12.3 Å². The van der Waals surface area contributed by atoms with Gasteiger partial charge in [0.15, 0.2) is 11.5 Å². The maximum atomic E-state index is 10.4. The molecule has 3 rings (SSSR count). The molecule has 4 nitrogen and oxygen atoms in total. The number of hydrogen-bond donors (Lipinski definition) is 2. The fraction of sp³-hybridized carbons (Fsp3) is 0.600. The highest BCUT2D eigenvalue weighted by molar-refractivity contribution is 5.65. The van der Waals surface area contributed by atoms with Crippen molar-refractivity contribution in [1.29, 1.82) is 0 Å². The van der Waals surface area contributed by atoms with Crippen molar-refractivity contribution in [3.8, 4) is 17.2 Å². The van der Waals surface area contributed by atoms with Gasteiger partial charge in [-0.3, -0.25) is 0 Å². The lowest BCUT2D eigenvalue weighted by atomic mass is 9.94. The molecule has 104 valence electrons. The number of phenolic OH excluding ortho intramolecular Hbond substituents is 1. The summed E-state index contributed by atoms with van der Waals surface area (Å²) in [6.07, 6.45) is 3.66. The third-order valence-corrected chi connectivity index (χ3v) is 3.94. The molecule has 0 aromatic heterocycles. The van der Waals surface area contributed by atoms with Crippen molar-refractivity contribution in [3.63, 3.8) is 0 Å². The fourth-order valence-corrected chi connectivity index (χ4v) is 3.12. The van der Waals surface area contributed by atoms with Crippen molar-refractivity contribution in [2.45, 2.75) is 51.7 Å². The molecule has 2 atom stereocenters. The van der Waals surface area contributed by atoms with Crippen LogP contribution in [0.3, 0.4) is 0 Å². The molecule has 3 N–H and O–H groups in total. The van der Waals surface area contributed by atoms with Gasteiger partial charge in [0.25, 0.3) is 0 Å². The van der Waals surface area contributed by atoms with Crippen LogP contribution in [0, 0.1) is 0 Å². The minimum Gasteiger partial charge on any atom is -0.504 e. The Bertz CT molecular complexity index is 474. The summed E-state index contributed by atoms with van der Waals surface area (Å²) < 4.78 is 11.7. The molecule has 0 fully saturated rings. The molecule has 1 aromatic rings. The molecule has 4 heteroatoms. The van der Waals surface area contributed by atoms with Crippen molar-refractivity contribution in [2.24, 2.45) is 5.73 Å². The molecule has 2 aliphatic rings. The summed E-state index contributed by atoms with van der Waals surface area (Å²) in [4.78, 5) is 0. The summed E-state index contributed by atoms with van der Waals surface area (Å²) in [5, 5.41) is 10.4. The average Bonchev–Trinajstić information content (AvgIpc) is 2.93. The first kappa shape index (κ1) is 12.6. The van der Waals surface area contributed by atoms with Crippen molar-refractivity contribution in [2.75, 3.05) is 6.54 Å². The molecule has 0 amide bonds. The van der Waals surface area contributed by atoms with Crippen molar-refractivity contribution >= 4 is 0 Å². The van der Waals surface area contributed by atoms with Gasteiger partial charge in [0, 0.05) is 29.5 Å². The molecule has 0 spiro atoms. The van der Waals surface area contributed by atoms with E-state index in [1.807, 2.05) is 13.8 Å². The van der Waals surface area contributed by atoms with Gasteiger partial charge < -0.3 is 20.3 Å². The van der Waals surface area contributed by atoms with Crippen LogP contribution in [0.25, 0.3) is 0 Å². The van der Waals surface area contributed by atoms with E-state index in [1.54, 1.807) is 0 Å². The van der Waals surface area contributed by atoms with Gasteiger partial charge in [-0.05, 0) is 33.2 Å². The second-order valence-electron chi connectivity index (χ2n) is 5.60. The third-order valence-electron chi connectivity index (χ3n) is 3.94. The topological polar surface area (TPSA) is 64.7 Å². The highest BCUT2D eigenvalue weighted by Crippen LogP contribution is 2.50. The zero-order valence-corrected chi connectivity index (χ0v) is 11.5. The number of phenols is 1. The maximum absolute atomic E-state index is 10.4. The standard InChI is InChI=1S/C15H21NO3/c1-8-6-11-10(4-3-5-16)14-12(7-9(2)18-14)13(17)15(11)19-8/h8-9,17H,3-7,16H2,1-2H3. The van der Waals surface area contributed by atoms with Gasteiger partial charge in [-0.1, -0.05) is 0 Å². The van der Waals surface area contributed by atoms with Gasteiger partial charge in [-0.25, -0.2) is 0 Å². The quantitative estimate of drug-likeness (QED) is 0.874. The third kappa shape index (κ3) is 1.94. The van der Waals surface area contributed by atoms with E-state index in [4.69, 9.17) is 15.2 Å². The van der Waals surface area contributed by atoms with E-state index in [0.717, 1.165) is 42.6 Å². The first-order chi connectivity index (χ1) is 9.11. The fourth-order valence-electron chi connectivity index (χ4n) is 3.12. The predicted molar refractivity (Wildman–Crippen MR) is 73.1 cm³/mol. The van der Waals surface area contributed by atoms with E-state index in [-0.39, 0.29) is 18.0 Å². The number of fused-ring (bicyclic) bond motifs is 2. The smallest absolute Gasteiger partial charge is 0.165 e. The lowest BCUT2D eigenvalue weighted by Gasteiger charge is -2.14. The van der Waals surface area contributed by atoms with Crippen LogP contribution in [0.1, 0.15) is 37.0 Å². The normalized spacial score (nSPS) is 23.7. The molecule has 0 radical (unpaired) electrons. The predicted octanol–water partition coefficient (Wildman–Crippen LogP) is 1.93. The summed E-state index contributed by atoms with van der Waals surface area (Å²) in [6, 6.07) is 0. The molecule has 2 heterocycles. The zero-order chi connectivity index (χ0) is 13.6. The molecular weight excluding hydrogens is 242 g/mol. The number of rotatable bonds is 3. The molecule has 1 aromatic carbocycles. The minimum atomic E-state index is 0.123. The number of aromatic hydroxyl groups is 1.